The lowest BCUT2D eigenvalue weighted by Gasteiger charge is -2.35. The number of carbonyl (C=O) groups excluding carboxylic acids is 2. The van der Waals surface area contributed by atoms with E-state index in [0.717, 1.165) is 12.8 Å². The van der Waals surface area contributed by atoms with Gasteiger partial charge in [-0.05, 0) is 40.0 Å². The van der Waals surface area contributed by atoms with Crippen molar-refractivity contribution in [2.45, 2.75) is 64.4 Å². The van der Waals surface area contributed by atoms with Crippen molar-refractivity contribution in [3.8, 4) is 0 Å². The molecule has 1 fully saturated rings. The molecule has 10 heteroatoms. The SMILES string of the molecule is CCCCNC(=O)[C@H]1CC[C@H](C)N(S(=O)(=O)c2n[nH]c(C)c2C(=O)OCC)C1. The van der Waals surface area contributed by atoms with Crippen LogP contribution in [0.5, 0.6) is 0 Å². The van der Waals surface area contributed by atoms with E-state index < -0.39 is 21.9 Å². The molecular weight excluding hydrogens is 384 g/mol. The summed E-state index contributed by atoms with van der Waals surface area (Å²) in [5.74, 6) is -1.29. The van der Waals surface area contributed by atoms with Gasteiger partial charge in [0.2, 0.25) is 10.9 Å². The highest BCUT2D eigenvalue weighted by atomic mass is 32.2. The molecule has 1 aliphatic rings. The summed E-state index contributed by atoms with van der Waals surface area (Å²) >= 11 is 0. The van der Waals surface area contributed by atoms with Crippen LogP contribution in [0, 0.1) is 12.8 Å². The molecule has 2 atom stereocenters. The Morgan fingerprint density at radius 2 is 2.04 bits per heavy atom. The van der Waals surface area contributed by atoms with Crippen LogP contribution in [0.25, 0.3) is 0 Å². The molecule has 1 amide bonds. The van der Waals surface area contributed by atoms with Crippen molar-refractivity contribution in [3.05, 3.63) is 11.3 Å². The number of aromatic nitrogens is 2. The van der Waals surface area contributed by atoms with Gasteiger partial charge in [-0.25, -0.2) is 13.2 Å². The zero-order valence-corrected chi connectivity index (χ0v) is 17.8. The van der Waals surface area contributed by atoms with Crippen LogP contribution >= 0.6 is 0 Å². The maximum Gasteiger partial charge on any atom is 0.343 e. The Kier molecular flexibility index (Phi) is 7.59. The van der Waals surface area contributed by atoms with Gasteiger partial charge >= 0.3 is 5.97 Å². The van der Waals surface area contributed by atoms with Gasteiger partial charge < -0.3 is 10.1 Å². The summed E-state index contributed by atoms with van der Waals surface area (Å²) in [5, 5.41) is 8.97. The van der Waals surface area contributed by atoms with Gasteiger partial charge in [0.1, 0.15) is 5.56 Å². The summed E-state index contributed by atoms with van der Waals surface area (Å²) in [6, 6.07) is -0.295. The van der Waals surface area contributed by atoms with Gasteiger partial charge in [-0.1, -0.05) is 13.3 Å². The number of ether oxygens (including phenoxy) is 1. The van der Waals surface area contributed by atoms with E-state index in [-0.39, 0.29) is 35.7 Å². The smallest absolute Gasteiger partial charge is 0.343 e. The first-order valence-electron chi connectivity index (χ1n) is 9.75. The minimum Gasteiger partial charge on any atom is -0.462 e. The van der Waals surface area contributed by atoms with Crippen molar-refractivity contribution in [2.75, 3.05) is 19.7 Å². The van der Waals surface area contributed by atoms with Crippen LogP contribution in [0.15, 0.2) is 5.03 Å². The van der Waals surface area contributed by atoms with Crippen molar-refractivity contribution in [1.29, 1.82) is 0 Å². The predicted octanol–water partition coefficient (Wildman–Crippen LogP) is 1.60. The highest BCUT2D eigenvalue weighted by molar-refractivity contribution is 7.89. The molecule has 0 radical (unpaired) electrons. The van der Waals surface area contributed by atoms with E-state index in [1.54, 1.807) is 20.8 Å². The molecule has 2 heterocycles. The number of hydrogen-bond donors (Lipinski definition) is 2. The topological polar surface area (TPSA) is 121 Å². The van der Waals surface area contributed by atoms with E-state index in [1.807, 2.05) is 6.92 Å². The first kappa shape index (κ1) is 22.4. The lowest BCUT2D eigenvalue weighted by molar-refractivity contribution is -0.126. The molecule has 158 valence electrons. The lowest BCUT2D eigenvalue weighted by atomic mass is 9.94. The second-order valence-corrected chi connectivity index (χ2v) is 8.90. The molecule has 1 aromatic heterocycles. The fourth-order valence-electron chi connectivity index (χ4n) is 3.30. The number of hydrogen-bond acceptors (Lipinski definition) is 6. The molecule has 1 aromatic rings. The van der Waals surface area contributed by atoms with Gasteiger partial charge in [0.15, 0.2) is 0 Å². The Bertz CT molecular complexity index is 805. The summed E-state index contributed by atoms with van der Waals surface area (Å²) in [7, 11) is -4.07. The first-order chi connectivity index (χ1) is 13.2. The number of aryl methyl sites for hydroxylation is 1. The van der Waals surface area contributed by atoms with E-state index in [2.05, 4.69) is 15.5 Å². The van der Waals surface area contributed by atoms with Gasteiger partial charge in [0, 0.05) is 24.8 Å². The number of amides is 1. The number of sulfonamides is 1. The zero-order valence-electron chi connectivity index (χ0n) is 16.9. The third-order valence-corrected chi connectivity index (χ3v) is 6.88. The number of nitrogens with zero attached hydrogens (tertiary/aromatic N) is 2. The average Bonchev–Trinajstić information content (AvgIpc) is 3.04. The summed E-state index contributed by atoms with van der Waals surface area (Å²) < 4.78 is 32.8. The molecule has 0 saturated carbocycles. The third-order valence-electron chi connectivity index (χ3n) is 4.97. The fourth-order valence-corrected chi connectivity index (χ4v) is 5.14. The number of unbranched alkanes of at least 4 members (excludes halogenated alkanes) is 1. The molecule has 0 bridgehead atoms. The van der Waals surface area contributed by atoms with Gasteiger partial charge in [-0.2, -0.15) is 9.40 Å². The molecule has 28 heavy (non-hydrogen) atoms. The van der Waals surface area contributed by atoms with Crippen LogP contribution in [0.3, 0.4) is 0 Å². The minimum atomic E-state index is -4.07. The van der Waals surface area contributed by atoms with E-state index in [9.17, 15) is 18.0 Å². The molecule has 2 N–H and O–H groups in total. The molecule has 0 aliphatic carbocycles. The van der Waals surface area contributed by atoms with E-state index in [0.29, 0.717) is 25.1 Å². The van der Waals surface area contributed by atoms with Gasteiger partial charge in [-0.15, -0.1) is 0 Å². The van der Waals surface area contributed by atoms with Crippen LogP contribution < -0.4 is 5.32 Å². The third kappa shape index (κ3) is 4.72. The standard InChI is InChI=1S/C18H30N4O5S/c1-5-7-10-19-16(23)14-9-8-12(3)22(11-14)28(25,26)17-15(13(4)20-21-17)18(24)27-6-2/h12,14H,5-11H2,1-4H3,(H,19,23)(H,20,21)/t12-,14-/m0/s1. The second-order valence-electron chi connectivity index (χ2n) is 7.09. The highest BCUT2D eigenvalue weighted by Crippen LogP contribution is 2.30. The zero-order chi connectivity index (χ0) is 20.9. The van der Waals surface area contributed by atoms with Crippen molar-refractivity contribution in [2.24, 2.45) is 5.92 Å². The van der Waals surface area contributed by atoms with Crippen LogP contribution in [0.4, 0.5) is 0 Å². The van der Waals surface area contributed by atoms with E-state index in [4.69, 9.17) is 4.74 Å². The number of aromatic amines is 1. The predicted molar refractivity (Wildman–Crippen MR) is 103 cm³/mol. The number of H-pyrrole nitrogens is 1. The molecular formula is C18H30N4O5S. The van der Waals surface area contributed by atoms with Crippen LogP contribution in [0.2, 0.25) is 0 Å². The van der Waals surface area contributed by atoms with Gasteiger partial charge in [0.25, 0.3) is 10.0 Å². The number of carbonyl (C=O) groups is 2. The van der Waals surface area contributed by atoms with Crippen molar-refractivity contribution < 1.29 is 22.7 Å². The summed E-state index contributed by atoms with van der Waals surface area (Å²) in [6.07, 6.45) is 3.03. The summed E-state index contributed by atoms with van der Waals surface area (Å²) in [4.78, 5) is 24.7. The maximum absolute atomic E-state index is 13.3. The van der Waals surface area contributed by atoms with E-state index in [1.165, 1.54) is 4.31 Å². The van der Waals surface area contributed by atoms with Gasteiger partial charge in [0.05, 0.1) is 12.5 Å². The molecule has 2 rings (SSSR count). The molecule has 0 aromatic carbocycles. The van der Waals surface area contributed by atoms with E-state index >= 15 is 0 Å². The second kappa shape index (κ2) is 9.51. The van der Waals surface area contributed by atoms with Crippen LogP contribution in [-0.4, -0.2) is 60.5 Å². The number of nitrogens with one attached hydrogen (secondary N) is 2. The average molecular weight is 415 g/mol. The highest BCUT2D eigenvalue weighted by Gasteiger charge is 2.41. The first-order valence-corrected chi connectivity index (χ1v) is 11.2. The Hall–Kier alpha value is -1.94. The molecule has 1 saturated heterocycles. The lowest BCUT2D eigenvalue weighted by Crippen LogP contribution is -2.49. The summed E-state index contributed by atoms with van der Waals surface area (Å²) in [6.45, 7) is 7.83. The molecule has 1 aliphatic heterocycles. The Morgan fingerprint density at radius 1 is 1.32 bits per heavy atom. The van der Waals surface area contributed by atoms with Gasteiger partial charge in [-0.3, -0.25) is 9.89 Å². The maximum atomic E-state index is 13.3. The molecule has 9 nitrogen and oxygen atoms in total. The number of esters is 1. The van der Waals surface area contributed by atoms with Crippen LogP contribution in [0.1, 0.15) is 62.5 Å². The number of rotatable bonds is 8. The monoisotopic (exact) mass is 414 g/mol. The largest absolute Gasteiger partial charge is 0.462 e. The van der Waals surface area contributed by atoms with Crippen molar-refractivity contribution >= 4 is 21.9 Å². The Morgan fingerprint density at radius 3 is 2.68 bits per heavy atom. The fraction of sp³-hybridized carbons (Fsp3) is 0.722. The summed E-state index contributed by atoms with van der Waals surface area (Å²) in [5.41, 5.74) is 0.249. The Labute approximate surface area is 166 Å². The quantitative estimate of drug-likeness (QED) is 0.492. The van der Waals surface area contributed by atoms with Crippen LogP contribution in [-0.2, 0) is 19.6 Å². The normalized spacial score (nSPS) is 20.7. The number of piperidine rings is 1. The molecule has 0 spiro atoms. The minimum absolute atomic E-state index is 0.0651. The Balaban J connectivity index is 2.27. The van der Waals surface area contributed by atoms with Crippen molar-refractivity contribution in [1.82, 2.24) is 19.8 Å². The van der Waals surface area contributed by atoms with Crippen molar-refractivity contribution in [3.63, 3.8) is 0 Å². The molecule has 0 unspecified atom stereocenters.